The van der Waals surface area contributed by atoms with Crippen LogP contribution in [0.2, 0.25) is 0 Å². The van der Waals surface area contributed by atoms with Crippen molar-refractivity contribution in [3.63, 3.8) is 0 Å². The van der Waals surface area contributed by atoms with E-state index in [1.165, 1.54) is 34.4 Å². The average Bonchev–Trinajstić information content (AvgIpc) is 2.87. The molecular weight excluding hydrogens is 266 g/mol. The van der Waals surface area contributed by atoms with Gasteiger partial charge in [0, 0.05) is 22.4 Å². The normalized spacial score (nSPS) is 18.1. The lowest BCUT2D eigenvalue weighted by Crippen LogP contribution is -2.09. The first-order valence-electron chi connectivity index (χ1n) is 6.91. The number of hydrogen-bond acceptors (Lipinski definition) is 4. The van der Waals surface area contributed by atoms with E-state index in [9.17, 15) is 0 Å². The molecule has 3 aromatic rings. The molecule has 2 N–H and O–H groups in total. The molecule has 2 heterocycles. The van der Waals surface area contributed by atoms with Crippen LogP contribution in [0.15, 0.2) is 36.5 Å². The van der Waals surface area contributed by atoms with Gasteiger partial charge in [-0.15, -0.1) is 11.3 Å². The molecule has 1 aromatic carbocycles. The largest absolute Gasteiger partial charge is 0.375 e. The molecule has 0 amide bonds. The zero-order valence-corrected chi connectivity index (χ0v) is 11.9. The van der Waals surface area contributed by atoms with Crippen LogP contribution < -0.4 is 5.73 Å². The Kier molecular flexibility index (Phi) is 2.70. The second-order valence-electron chi connectivity index (χ2n) is 5.23. The number of nitrogen functional groups attached to an aromatic ring is 1. The Labute approximate surface area is 121 Å². The maximum Gasteiger partial charge on any atom is 0.180 e. The minimum atomic E-state index is 0.418. The lowest BCUT2D eigenvalue weighted by Gasteiger charge is -2.22. The first kappa shape index (κ1) is 11.9. The van der Waals surface area contributed by atoms with Crippen LogP contribution in [0.5, 0.6) is 0 Å². The molecule has 20 heavy (non-hydrogen) atoms. The number of fused-ring (bicyclic) bond motifs is 2. The van der Waals surface area contributed by atoms with Crippen molar-refractivity contribution in [1.82, 2.24) is 9.97 Å². The van der Waals surface area contributed by atoms with Crippen molar-refractivity contribution >= 4 is 27.4 Å². The molecule has 0 fully saturated rings. The lowest BCUT2D eigenvalue weighted by molar-refractivity contribution is 0.620. The second kappa shape index (κ2) is 4.56. The third kappa shape index (κ3) is 1.79. The average molecular weight is 281 g/mol. The third-order valence-corrected chi connectivity index (χ3v) is 5.06. The fraction of sp³-hybridized carbons (Fsp3) is 0.250. The van der Waals surface area contributed by atoms with Crippen LogP contribution >= 0.6 is 11.3 Å². The summed E-state index contributed by atoms with van der Waals surface area (Å²) in [7, 11) is 0. The van der Waals surface area contributed by atoms with Gasteiger partial charge in [0.05, 0.1) is 11.2 Å². The van der Waals surface area contributed by atoms with E-state index in [0.29, 0.717) is 11.0 Å². The summed E-state index contributed by atoms with van der Waals surface area (Å²) in [5, 5.41) is 1.94. The van der Waals surface area contributed by atoms with Crippen LogP contribution in [0.1, 0.15) is 34.9 Å². The summed E-state index contributed by atoms with van der Waals surface area (Å²) in [5.41, 5.74) is 9.53. The lowest BCUT2D eigenvalue weighted by atomic mass is 9.84. The Morgan fingerprint density at radius 2 is 2.15 bits per heavy atom. The molecule has 1 unspecified atom stereocenters. The Hall–Kier alpha value is -1.94. The second-order valence-corrected chi connectivity index (χ2v) is 6.29. The van der Waals surface area contributed by atoms with Crippen LogP contribution in [0.3, 0.4) is 0 Å². The molecular formula is C16H15N3S. The number of aromatic nitrogens is 2. The Morgan fingerprint density at radius 3 is 3.10 bits per heavy atom. The summed E-state index contributed by atoms with van der Waals surface area (Å²) in [6.45, 7) is 0. The fourth-order valence-corrected chi connectivity index (χ4v) is 4.20. The van der Waals surface area contributed by atoms with Gasteiger partial charge in [-0.25, -0.2) is 4.98 Å². The summed E-state index contributed by atoms with van der Waals surface area (Å²) in [6, 6.07) is 10.6. The van der Waals surface area contributed by atoms with Gasteiger partial charge in [-0.05, 0) is 37.0 Å². The summed E-state index contributed by atoms with van der Waals surface area (Å²) < 4.78 is 0. The highest BCUT2D eigenvalue weighted by molar-refractivity contribution is 7.15. The minimum absolute atomic E-state index is 0.418. The van der Waals surface area contributed by atoms with Gasteiger partial charge in [0.25, 0.3) is 0 Å². The third-order valence-electron chi connectivity index (χ3n) is 4.02. The highest BCUT2D eigenvalue weighted by Gasteiger charge is 2.26. The van der Waals surface area contributed by atoms with E-state index in [1.54, 1.807) is 11.3 Å². The van der Waals surface area contributed by atoms with Crippen molar-refractivity contribution in [3.8, 4) is 0 Å². The van der Waals surface area contributed by atoms with Gasteiger partial charge in [0.1, 0.15) is 0 Å². The van der Waals surface area contributed by atoms with E-state index in [0.717, 1.165) is 11.9 Å². The van der Waals surface area contributed by atoms with Crippen molar-refractivity contribution < 1.29 is 0 Å². The van der Waals surface area contributed by atoms with Gasteiger partial charge in [0.2, 0.25) is 0 Å². The number of aryl methyl sites for hydroxylation is 1. The zero-order chi connectivity index (χ0) is 13.5. The van der Waals surface area contributed by atoms with E-state index in [-0.39, 0.29) is 0 Å². The zero-order valence-electron chi connectivity index (χ0n) is 11.0. The molecule has 0 saturated carbocycles. The Bertz CT molecular complexity index is 773. The number of pyridine rings is 1. The predicted molar refractivity (Wildman–Crippen MR) is 83.1 cm³/mol. The summed E-state index contributed by atoms with van der Waals surface area (Å²) in [5.74, 6) is 0.418. The molecule has 1 aliphatic rings. The van der Waals surface area contributed by atoms with Crippen molar-refractivity contribution in [1.29, 1.82) is 0 Å². The van der Waals surface area contributed by atoms with Crippen molar-refractivity contribution in [2.75, 3.05) is 5.73 Å². The quantitative estimate of drug-likeness (QED) is 0.739. The van der Waals surface area contributed by atoms with Crippen LogP contribution in [0.4, 0.5) is 5.13 Å². The standard InChI is InChI=1S/C16H15N3S/c17-16-19-14-8-2-5-12(15(14)20-16)10-4-1-7-13-11(10)6-3-9-18-13/h1,3-4,6-7,9,12H,2,5,8H2,(H2,17,19). The molecule has 4 rings (SSSR count). The molecule has 4 heteroatoms. The molecule has 0 radical (unpaired) electrons. The SMILES string of the molecule is Nc1nc2c(s1)C(c1cccc3ncccc13)CCC2. The first-order valence-corrected chi connectivity index (χ1v) is 7.73. The van der Waals surface area contributed by atoms with Crippen molar-refractivity contribution in [2.24, 2.45) is 0 Å². The number of nitrogens with two attached hydrogens (primary N) is 1. The van der Waals surface area contributed by atoms with Crippen LogP contribution in [-0.2, 0) is 6.42 Å². The van der Waals surface area contributed by atoms with E-state index < -0.39 is 0 Å². The molecule has 3 nitrogen and oxygen atoms in total. The van der Waals surface area contributed by atoms with E-state index >= 15 is 0 Å². The smallest absolute Gasteiger partial charge is 0.180 e. The Balaban J connectivity index is 1.92. The molecule has 1 aliphatic carbocycles. The van der Waals surface area contributed by atoms with E-state index in [4.69, 9.17) is 5.73 Å². The van der Waals surface area contributed by atoms with Crippen molar-refractivity contribution in [2.45, 2.75) is 25.2 Å². The molecule has 0 spiro atoms. The fourth-order valence-electron chi connectivity index (χ4n) is 3.17. The molecule has 0 bridgehead atoms. The highest BCUT2D eigenvalue weighted by Crippen LogP contribution is 2.42. The van der Waals surface area contributed by atoms with Gasteiger partial charge in [-0.1, -0.05) is 18.2 Å². The molecule has 2 aromatic heterocycles. The molecule has 0 saturated heterocycles. The predicted octanol–water partition coefficient (Wildman–Crippen LogP) is 3.74. The highest BCUT2D eigenvalue weighted by atomic mass is 32.1. The monoisotopic (exact) mass is 281 g/mol. The maximum absolute atomic E-state index is 5.91. The summed E-state index contributed by atoms with van der Waals surface area (Å²) in [4.78, 5) is 10.3. The van der Waals surface area contributed by atoms with Gasteiger partial charge in [-0.2, -0.15) is 0 Å². The van der Waals surface area contributed by atoms with Crippen molar-refractivity contribution in [3.05, 3.63) is 52.7 Å². The molecule has 100 valence electrons. The van der Waals surface area contributed by atoms with Crippen LogP contribution in [-0.4, -0.2) is 9.97 Å². The molecule has 0 aliphatic heterocycles. The first-order chi connectivity index (χ1) is 9.83. The number of hydrogen-bond donors (Lipinski definition) is 1. The van der Waals surface area contributed by atoms with E-state index in [1.807, 2.05) is 12.3 Å². The molecule has 1 atom stereocenters. The topological polar surface area (TPSA) is 51.8 Å². The van der Waals surface area contributed by atoms with Crippen LogP contribution in [0.25, 0.3) is 10.9 Å². The van der Waals surface area contributed by atoms with Crippen LogP contribution in [0, 0.1) is 0 Å². The number of nitrogens with zero attached hydrogens (tertiary/aromatic N) is 2. The maximum atomic E-state index is 5.91. The van der Waals surface area contributed by atoms with Gasteiger partial charge in [-0.3, -0.25) is 4.98 Å². The number of rotatable bonds is 1. The minimum Gasteiger partial charge on any atom is -0.375 e. The van der Waals surface area contributed by atoms with Gasteiger partial charge < -0.3 is 5.73 Å². The van der Waals surface area contributed by atoms with Gasteiger partial charge in [0.15, 0.2) is 5.13 Å². The number of benzene rings is 1. The summed E-state index contributed by atoms with van der Waals surface area (Å²) >= 11 is 1.65. The van der Waals surface area contributed by atoms with Gasteiger partial charge >= 0.3 is 0 Å². The van der Waals surface area contributed by atoms with E-state index in [2.05, 4.69) is 34.2 Å². The Morgan fingerprint density at radius 1 is 1.20 bits per heavy atom. The number of anilines is 1. The summed E-state index contributed by atoms with van der Waals surface area (Å²) in [6.07, 6.45) is 5.26. The number of thiazole rings is 1.